The summed E-state index contributed by atoms with van der Waals surface area (Å²) in [6.45, 7) is 5.80. The van der Waals surface area contributed by atoms with E-state index in [2.05, 4.69) is 25.4 Å². The van der Waals surface area contributed by atoms with Crippen LogP contribution in [-0.4, -0.2) is 29.3 Å². The maximum absolute atomic E-state index is 13.2. The van der Waals surface area contributed by atoms with Crippen LogP contribution in [0.2, 0.25) is 0 Å². The predicted octanol–water partition coefficient (Wildman–Crippen LogP) is 4.14. The summed E-state index contributed by atoms with van der Waals surface area (Å²) in [6.07, 6.45) is 3.28. The number of imidazole rings is 1. The van der Waals surface area contributed by atoms with Crippen LogP contribution in [0.25, 0.3) is 0 Å². The molecule has 0 aliphatic heterocycles. The van der Waals surface area contributed by atoms with Crippen LogP contribution in [-0.2, 0) is 18.8 Å². The van der Waals surface area contributed by atoms with Gasteiger partial charge in [-0.1, -0.05) is 0 Å². The first-order chi connectivity index (χ1) is 13.6. The van der Waals surface area contributed by atoms with E-state index in [1.165, 1.54) is 0 Å². The topological polar surface area (TPSA) is 73.5 Å². The fraction of sp³-hybridized carbons (Fsp3) is 0.474. The number of rotatable bonds is 5. The van der Waals surface area contributed by atoms with Crippen LogP contribution in [0.15, 0.2) is 24.9 Å². The molecule has 154 valence electrons. The van der Waals surface area contributed by atoms with Gasteiger partial charge >= 0.3 is 6.18 Å². The second-order valence-electron chi connectivity index (χ2n) is 7.95. The second-order valence-corrected chi connectivity index (χ2v) is 7.95. The van der Waals surface area contributed by atoms with Gasteiger partial charge in [0, 0.05) is 31.6 Å². The Labute approximate surface area is 166 Å². The van der Waals surface area contributed by atoms with Crippen LogP contribution in [0.4, 0.5) is 24.8 Å². The van der Waals surface area contributed by atoms with Crippen LogP contribution in [0, 0.1) is 6.92 Å². The molecule has 1 aliphatic rings. The molecule has 10 heteroatoms. The molecule has 0 amide bonds. The Morgan fingerprint density at radius 1 is 1.14 bits per heavy atom. The zero-order valence-corrected chi connectivity index (χ0v) is 16.6. The smallest absolute Gasteiger partial charge is 0.340 e. The van der Waals surface area contributed by atoms with Gasteiger partial charge in [0.05, 0.1) is 34.7 Å². The maximum atomic E-state index is 13.2. The number of hydrogen-bond acceptors (Lipinski definition) is 5. The number of aryl methyl sites for hydroxylation is 2. The number of alkyl halides is 3. The highest BCUT2D eigenvalue weighted by Gasteiger charge is 2.40. The Bertz CT molecular complexity index is 1040. The Balaban J connectivity index is 1.63. The fourth-order valence-corrected chi connectivity index (χ4v) is 3.18. The molecular weight excluding hydrogens is 383 g/mol. The lowest BCUT2D eigenvalue weighted by atomic mass is 10.0. The van der Waals surface area contributed by atoms with Gasteiger partial charge in [-0.3, -0.25) is 4.68 Å². The van der Waals surface area contributed by atoms with Crippen molar-refractivity contribution in [2.75, 3.05) is 5.32 Å². The summed E-state index contributed by atoms with van der Waals surface area (Å²) in [5, 5.41) is 7.58. The molecule has 1 N–H and O–H groups in total. The quantitative estimate of drug-likeness (QED) is 0.691. The van der Waals surface area contributed by atoms with Crippen LogP contribution in [0.5, 0.6) is 0 Å². The molecule has 0 spiro atoms. The fourth-order valence-electron chi connectivity index (χ4n) is 3.18. The number of anilines is 2. The molecule has 0 aromatic carbocycles. The van der Waals surface area contributed by atoms with Crippen molar-refractivity contribution < 1.29 is 13.2 Å². The molecule has 1 fully saturated rings. The predicted molar refractivity (Wildman–Crippen MR) is 101 cm³/mol. The summed E-state index contributed by atoms with van der Waals surface area (Å²) < 4.78 is 43.3. The lowest BCUT2D eigenvalue weighted by molar-refractivity contribution is -0.138. The van der Waals surface area contributed by atoms with Crippen LogP contribution in [0.3, 0.4) is 0 Å². The Kier molecular flexibility index (Phi) is 4.39. The van der Waals surface area contributed by atoms with Gasteiger partial charge in [-0.15, -0.1) is 0 Å². The van der Waals surface area contributed by atoms with Gasteiger partial charge in [0.15, 0.2) is 0 Å². The van der Waals surface area contributed by atoms with E-state index in [4.69, 9.17) is 0 Å². The van der Waals surface area contributed by atoms with Crippen LogP contribution < -0.4 is 5.32 Å². The van der Waals surface area contributed by atoms with Crippen molar-refractivity contribution in [1.82, 2.24) is 29.3 Å². The van der Waals surface area contributed by atoms with E-state index in [0.29, 0.717) is 11.4 Å². The van der Waals surface area contributed by atoms with Crippen molar-refractivity contribution in [2.45, 2.75) is 51.2 Å². The summed E-state index contributed by atoms with van der Waals surface area (Å²) in [4.78, 5) is 12.5. The Morgan fingerprint density at radius 2 is 1.86 bits per heavy atom. The lowest BCUT2D eigenvalue weighted by Gasteiger charge is -2.23. The molecule has 3 heterocycles. The third-order valence-electron chi connectivity index (χ3n) is 5.14. The van der Waals surface area contributed by atoms with E-state index in [1.807, 2.05) is 38.6 Å². The van der Waals surface area contributed by atoms with Crippen molar-refractivity contribution in [3.8, 4) is 0 Å². The van der Waals surface area contributed by atoms with E-state index in [9.17, 15) is 13.2 Å². The van der Waals surface area contributed by atoms with Crippen LogP contribution >= 0.6 is 0 Å². The van der Waals surface area contributed by atoms with E-state index in [0.717, 1.165) is 24.7 Å². The molecule has 29 heavy (non-hydrogen) atoms. The van der Waals surface area contributed by atoms with E-state index in [-0.39, 0.29) is 17.6 Å². The number of halogens is 3. The zero-order valence-electron chi connectivity index (χ0n) is 16.6. The summed E-state index contributed by atoms with van der Waals surface area (Å²) in [5.74, 6) is -0.0136. The average molecular weight is 405 g/mol. The summed E-state index contributed by atoms with van der Waals surface area (Å²) in [6, 6.07) is 0. The molecule has 1 saturated carbocycles. The molecule has 0 radical (unpaired) electrons. The molecule has 0 bridgehead atoms. The Hall–Kier alpha value is -2.91. The molecule has 3 aromatic rings. The molecule has 0 atom stereocenters. The third kappa shape index (κ3) is 3.70. The molecule has 3 aromatic heterocycles. The highest BCUT2D eigenvalue weighted by Crippen LogP contribution is 2.45. The molecule has 4 rings (SSSR count). The standard InChI is InChI=1S/C19H22F3N7/c1-11-14(8-29(27-11)18(2,3)15-9-28(4)10-24-15)25-17-23-7-13(19(20,21)22)16(26-17)12-5-6-12/h7-10,12H,5-6H2,1-4H3,(H,23,25,26). The van der Waals surface area contributed by atoms with Crippen molar-refractivity contribution in [3.63, 3.8) is 0 Å². The lowest BCUT2D eigenvalue weighted by Crippen LogP contribution is -2.28. The number of aromatic nitrogens is 6. The third-order valence-corrected chi connectivity index (χ3v) is 5.14. The monoisotopic (exact) mass is 405 g/mol. The van der Waals surface area contributed by atoms with E-state index >= 15 is 0 Å². The van der Waals surface area contributed by atoms with Crippen molar-refractivity contribution in [2.24, 2.45) is 7.05 Å². The van der Waals surface area contributed by atoms with Crippen molar-refractivity contribution in [1.29, 1.82) is 0 Å². The van der Waals surface area contributed by atoms with Crippen LogP contribution in [0.1, 0.15) is 55.3 Å². The minimum Gasteiger partial charge on any atom is -0.340 e. The first kappa shape index (κ1) is 19.4. The highest BCUT2D eigenvalue weighted by molar-refractivity contribution is 5.55. The van der Waals surface area contributed by atoms with Gasteiger partial charge in [-0.05, 0) is 33.6 Å². The van der Waals surface area contributed by atoms with Gasteiger partial charge < -0.3 is 9.88 Å². The van der Waals surface area contributed by atoms with Gasteiger partial charge in [0.2, 0.25) is 5.95 Å². The molecule has 1 aliphatic carbocycles. The zero-order chi connectivity index (χ0) is 21.0. The van der Waals surface area contributed by atoms with Crippen molar-refractivity contribution in [3.05, 3.63) is 47.6 Å². The largest absolute Gasteiger partial charge is 0.419 e. The average Bonchev–Trinajstić information content (AvgIpc) is 3.29. The highest BCUT2D eigenvalue weighted by atomic mass is 19.4. The molecular formula is C19H22F3N7. The van der Waals surface area contributed by atoms with Gasteiger partial charge in [-0.2, -0.15) is 18.3 Å². The SMILES string of the molecule is Cc1nn(C(C)(C)c2cn(C)cn2)cc1Nc1ncc(C(F)(F)F)c(C2CC2)n1. The van der Waals surface area contributed by atoms with E-state index in [1.54, 1.807) is 17.2 Å². The summed E-state index contributed by atoms with van der Waals surface area (Å²) in [5.41, 5.74) is 0.964. The molecule has 0 unspecified atom stereocenters. The van der Waals surface area contributed by atoms with Gasteiger partial charge in [-0.25, -0.2) is 15.0 Å². The molecule has 0 saturated heterocycles. The van der Waals surface area contributed by atoms with Crippen molar-refractivity contribution >= 4 is 11.6 Å². The summed E-state index contributed by atoms with van der Waals surface area (Å²) in [7, 11) is 1.90. The second kappa shape index (κ2) is 6.57. The number of hydrogen-bond donors (Lipinski definition) is 1. The number of nitrogens with zero attached hydrogens (tertiary/aromatic N) is 6. The first-order valence-corrected chi connectivity index (χ1v) is 9.32. The van der Waals surface area contributed by atoms with E-state index < -0.39 is 17.3 Å². The minimum absolute atomic E-state index is 0.0638. The Morgan fingerprint density at radius 3 is 2.45 bits per heavy atom. The van der Waals surface area contributed by atoms with Gasteiger partial charge in [0.25, 0.3) is 0 Å². The minimum atomic E-state index is -4.45. The summed E-state index contributed by atoms with van der Waals surface area (Å²) >= 11 is 0. The molecule has 7 nitrogen and oxygen atoms in total. The first-order valence-electron chi connectivity index (χ1n) is 9.32. The normalized spacial score (nSPS) is 15.0. The number of nitrogens with one attached hydrogen (secondary N) is 1. The van der Waals surface area contributed by atoms with Gasteiger partial charge in [0.1, 0.15) is 5.54 Å². The maximum Gasteiger partial charge on any atom is 0.419 e.